The second-order valence-corrected chi connectivity index (χ2v) is 5.13. The van der Waals surface area contributed by atoms with Gasteiger partial charge in [-0.15, -0.1) is 0 Å². The van der Waals surface area contributed by atoms with Crippen molar-refractivity contribution in [3.63, 3.8) is 0 Å². The van der Waals surface area contributed by atoms with E-state index in [1.807, 2.05) is 49.8 Å². The zero-order chi connectivity index (χ0) is 15.4. The number of anilines is 1. The summed E-state index contributed by atoms with van der Waals surface area (Å²) >= 11 is 0. The topological polar surface area (TPSA) is 59.0 Å². The van der Waals surface area contributed by atoms with Crippen LogP contribution in [-0.4, -0.2) is 22.2 Å². The zero-order valence-electron chi connectivity index (χ0n) is 13.0. The molecule has 0 aliphatic heterocycles. The summed E-state index contributed by atoms with van der Waals surface area (Å²) < 4.78 is 1.86. The molecular formula is C16H22N4O. The fourth-order valence-electron chi connectivity index (χ4n) is 2.35. The number of aryl methyl sites for hydroxylation is 2. The predicted molar refractivity (Wildman–Crippen MR) is 84.4 cm³/mol. The monoisotopic (exact) mass is 286 g/mol. The smallest absolute Gasteiger partial charge is 0.251 e. The Morgan fingerprint density at radius 1 is 1.38 bits per heavy atom. The van der Waals surface area contributed by atoms with E-state index in [1.54, 1.807) is 6.20 Å². The van der Waals surface area contributed by atoms with E-state index in [0.29, 0.717) is 12.1 Å². The summed E-state index contributed by atoms with van der Waals surface area (Å²) in [4.78, 5) is 11.8. The number of carbonyl (C=O) groups is 1. The highest BCUT2D eigenvalue weighted by Crippen LogP contribution is 2.22. The number of carbonyl (C=O) groups excluding carboxylic acids is 1. The standard InChI is InChI=1S/C16H22N4O/c1-5-17-16(21)13-6-7-14(11(2)10-13)19-12(3)15-8-9-18-20(15)4/h6-10,12,19H,5H2,1-4H3,(H,17,21). The van der Waals surface area contributed by atoms with Crippen LogP contribution in [-0.2, 0) is 7.05 Å². The molecule has 0 fully saturated rings. The van der Waals surface area contributed by atoms with Gasteiger partial charge in [-0.05, 0) is 50.6 Å². The molecule has 21 heavy (non-hydrogen) atoms. The molecule has 2 N–H and O–H groups in total. The third-order valence-electron chi connectivity index (χ3n) is 3.50. The van der Waals surface area contributed by atoms with Gasteiger partial charge in [0.25, 0.3) is 5.91 Å². The molecule has 1 aromatic carbocycles. The molecule has 0 saturated carbocycles. The molecule has 5 heteroatoms. The van der Waals surface area contributed by atoms with Crippen molar-refractivity contribution in [3.8, 4) is 0 Å². The number of benzene rings is 1. The van der Waals surface area contributed by atoms with Crippen LogP contribution < -0.4 is 10.6 Å². The second-order valence-electron chi connectivity index (χ2n) is 5.13. The fraction of sp³-hybridized carbons (Fsp3) is 0.375. The van der Waals surface area contributed by atoms with Gasteiger partial charge in [0, 0.05) is 31.0 Å². The van der Waals surface area contributed by atoms with E-state index >= 15 is 0 Å². The SMILES string of the molecule is CCNC(=O)c1ccc(NC(C)c2ccnn2C)c(C)c1. The van der Waals surface area contributed by atoms with E-state index < -0.39 is 0 Å². The molecule has 0 aliphatic rings. The molecular weight excluding hydrogens is 264 g/mol. The molecule has 0 saturated heterocycles. The lowest BCUT2D eigenvalue weighted by Gasteiger charge is -2.18. The molecule has 5 nitrogen and oxygen atoms in total. The third kappa shape index (κ3) is 3.42. The lowest BCUT2D eigenvalue weighted by Crippen LogP contribution is -2.22. The Balaban J connectivity index is 2.14. The van der Waals surface area contributed by atoms with Crippen molar-refractivity contribution in [3.05, 3.63) is 47.3 Å². The number of nitrogens with one attached hydrogen (secondary N) is 2. The van der Waals surface area contributed by atoms with Crippen molar-refractivity contribution >= 4 is 11.6 Å². The molecule has 1 aromatic heterocycles. The quantitative estimate of drug-likeness (QED) is 0.888. The van der Waals surface area contributed by atoms with Crippen molar-refractivity contribution < 1.29 is 4.79 Å². The van der Waals surface area contributed by atoms with Gasteiger partial charge >= 0.3 is 0 Å². The highest BCUT2D eigenvalue weighted by Gasteiger charge is 2.12. The number of aromatic nitrogens is 2. The number of nitrogens with zero attached hydrogens (tertiary/aromatic N) is 2. The summed E-state index contributed by atoms with van der Waals surface area (Å²) in [7, 11) is 1.93. The molecule has 112 valence electrons. The van der Waals surface area contributed by atoms with Gasteiger partial charge in [-0.25, -0.2) is 0 Å². The molecule has 1 amide bonds. The minimum absolute atomic E-state index is 0.0353. The Morgan fingerprint density at radius 2 is 2.14 bits per heavy atom. The molecule has 1 atom stereocenters. The average Bonchev–Trinajstić information content (AvgIpc) is 2.87. The number of rotatable bonds is 5. The largest absolute Gasteiger partial charge is 0.377 e. The van der Waals surface area contributed by atoms with Crippen LogP contribution in [0.4, 0.5) is 5.69 Å². The minimum atomic E-state index is -0.0353. The number of hydrogen-bond acceptors (Lipinski definition) is 3. The van der Waals surface area contributed by atoms with E-state index in [-0.39, 0.29) is 11.9 Å². The fourth-order valence-corrected chi connectivity index (χ4v) is 2.35. The Labute approximate surface area is 125 Å². The Hall–Kier alpha value is -2.30. The van der Waals surface area contributed by atoms with E-state index in [4.69, 9.17) is 0 Å². The maximum absolute atomic E-state index is 11.8. The highest BCUT2D eigenvalue weighted by atomic mass is 16.1. The van der Waals surface area contributed by atoms with Gasteiger partial charge in [-0.2, -0.15) is 5.10 Å². The first kappa shape index (κ1) is 15.1. The maximum Gasteiger partial charge on any atom is 0.251 e. The van der Waals surface area contributed by atoms with Gasteiger partial charge in [0.05, 0.1) is 11.7 Å². The number of amides is 1. The van der Waals surface area contributed by atoms with Crippen LogP contribution in [0.2, 0.25) is 0 Å². The summed E-state index contributed by atoms with van der Waals surface area (Å²) in [6.45, 7) is 6.64. The van der Waals surface area contributed by atoms with Gasteiger partial charge in [-0.3, -0.25) is 9.48 Å². The Bertz CT molecular complexity index is 633. The summed E-state index contributed by atoms with van der Waals surface area (Å²) in [5.74, 6) is -0.0353. The molecule has 1 heterocycles. The van der Waals surface area contributed by atoms with Crippen molar-refractivity contribution in [1.82, 2.24) is 15.1 Å². The summed E-state index contributed by atoms with van der Waals surface area (Å²) in [6.07, 6.45) is 1.79. The van der Waals surface area contributed by atoms with Gasteiger partial charge in [0.1, 0.15) is 0 Å². The Kier molecular flexibility index (Phi) is 4.62. The first-order chi connectivity index (χ1) is 10.0. The van der Waals surface area contributed by atoms with Gasteiger partial charge in [0.15, 0.2) is 0 Å². The highest BCUT2D eigenvalue weighted by molar-refractivity contribution is 5.94. The first-order valence-corrected chi connectivity index (χ1v) is 7.16. The van der Waals surface area contributed by atoms with Crippen molar-refractivity contribution in [2.75, 3.05) is 11.9 Å². The molecule has 0 radical (unpaired) electrons. The average molecular weight is 286 g/mol. The molecule has 2 rings (SSSR count). The van der Waals surface area contributed by atoms with Gasteiger partial charge in [0.2, 0.25) is 0 Å². The lowest BCUT2D eigenvalue weighted by atomic mass is 10.1. The molecule has 1 unspecified atom stereocenters. The van der Waals surface area contributed by atoms with E-state index in [1.165, 1.54) is 0 Å². The summed E-state index contributed by atoms with van der Waals surface area (Å²) in [5, 5.41) is 10.5. The summed E-state index contributed by atoms with van der Waals surface area (Å²) in [5.41, 5.74) is 3.87. The van der Waals surface area contributed by atoms with Crippen LogP contribution in [0.1, 0.15) is 41.5 Å². The molecule has 0 aliphatic carbocycles. The van der Waals surface area contributed by atoms with E-state index in [2.05, 4.69) is 22.7 Å². The van der Waals surface area contributed by atoms with Crippen LogP contribution in [0.3, 0.4) is 0 Å². The van der Waals surface area contributed by atoms with Crippen LogP contribution in [0.5, 0.6) is 0 Å². The predicted octanol–water partition coefficient (Wildman–Crippen LogP) is 2.65. The number of hydrogen-bond donors (Lipinski definition) is 2. The van der Waals surface area contributed by atoms with E-state index in [9.17, 15) is 4.79 Å². The maximum atomic E-state index is 11.8. The minimum Gasteiger partial charge on any atom is -0.377 e. The molecule has 0 spiro atoms. The zero-order valence-corrected chi connectivity index (χ0v) is 13.0. The first-order valence-electron chi connectivity index (χ1n) is 7.16. The molecule has 2 aromatic rings. The van der Waals surface area contributed by atoms with Crippen molar-refractivity contribution in [2.24, 2.45) is 7.05 Å². The van der Waals surface area contributed by atoms with Crippen LogP contribution in [0, 0.1) is 6.92 Å². The van der Waals surface area contributed by atoms with Crippen LogP contribution >= 0.6 is 0 Å². The normalized spacial score (nSPS) is 12.0. The molecule has 0 bridgehead atoms. The summed E-state index contributed by atoms with van der Waals surface area (Å²) in [6, 6.07) is 7.84. The van der Waals surface area contributed by atoms with Gasteiger partial charge < -0.3 is 10.6 Å². The third-order valence-corrected chi connectivity index (χ3v) is 3.50. The second kappa shape index (κ2) is 6.43. The van der Waals surface area contributed by atoms with Gasteiger partial charge in [-0.1, -0.05) is 0 Å². The Morgan fingerprint density at radius 3 is 2.71 bits per heavy atom. The lowest BCUT2D eigenvalue weighted by molar-refractivity contribution is 0.0956. The van der Waals surface area contributed by atoms with Crippen LogP contribution in [0.25, 0.3) is 0 Å². The van der Waals surface area contributed by atoms with Crippen LogP contribution in [0.15, 0.2) is 30.5 Å². The van der Waals surface area contributed by atoms with Crippen molar-refractivity contribution in [2.45, 2.75) is 26.8 Å². The van der Waals surface area contributed by atoms with Crippen molar-refractivity contribution in [1.29, 1.82) is 0 Å². The van der Waals surface area contributed by atoms with E-state index in [0.717, 1.165) is 16.9 Å².